The molecule has 0 heterocycles. The fraction of sp³-hybridized carbons (Fsp3) is 0.118. The summed E-state index contributed by atoms with van der Waals surface area (Å²) in [7, 11) is 3.05. The van der Waals surface area contributed by atoms with Gasteiger partial charge in [-0.05, 0) is 41.9 Å². The Labute approximate surface area is 144 Å². The van der Waals surface area contributed by atoms with Gasteiger partial charge in [0, 0.05) is 25.2 Å². The molecular formula is C17H16ClN3O3. The van der Waals surface area contributed by atoms with E-state index in [9.17, 15) is 14.4 Å². The fourth-order valence-corrected chi connectivity index (χ4v) is 2.23. The van der Waals surface area contributed by atoms with Gasteiger partial charge in [0.1, 0.15) is 0 Å². The van der Waals surface area contributed by atoms with Crippen LogP contribution in [0.5, 0.6) is 0 Å². The molecule has 0 aliphatic carbocycles. The number of halogens is 1. The minimum Gasteiger partial charge on any atom is -0.341 e. The van der Waals surface area contributed by atoms with Crippen molar-refractivity contribution in [2.24, 2.45) is 0 Å². The monoisotopic (exact) mass is 345 g/mol. The minimum absolute atomic E-state index is 0.217. The zero-order valence-electron chi connectivity index (χ0n) is 13.2. The molecule has 2 N–H and O–H groups in total. The average Bonchev–Trinajstić information content (AvgIpc) is 2.61. The number of amides is 3. The molecule has 0 fully saturated rings. The summed E-state index contributed by atoms with van der Waals surface area (Å²) in [6, 6.07) is 12.7. The van der Waals surface area contributed by atoms with Crippen molar-refractivity contribution in [2.45, 2.75) is 0 Å². The molecule has 0 atom stereocenters. The van der Waals surface area contributed by atoms with Crippen LogP contribution in [-0.4, -0.2) is 31.3 Å². The maximum Gasteiger partial charge on any atom is 0.321 e. The van der Waals surface area contributed by atoms with Gasteiger partial charge in [-0.2, -0.15) is 0 Å². The first-order chi connectivity index (χ1) is 11.4. The van der Waals surface area contributed by atoms with E-state index in [2.05, 4.69) is 10.6 Å². The van der Waals surface area contributed by atoms with Gasteiger partial charge in [-0.15, -0.1) is 0 Å². The third-order valence-corrected chi connectivity index (χ3v) is 3.61. The fourth-order valence-electron chi connectivity index (χ4n) is 2.11. The molecule has 0 unspecified atom stereocenters. The van der Waals surface area contributed by atoms with Crippen LogP contribution in [0.3, 0.4) is 0 Å². The Morgan fingerprint density at radius 2 is 1.67 bits per heavy atom. The smallest absolute Gasteiger partial charge is 0.321 e. The van der Waals surface area contributed by atoms with Gasteiger partial charge >= 0.3 is 6.03 Å². The topological polar surface area (TPSA) is 78.5 Å². The Morgan fingerprint density at radius 1 is 1.00 bits per heavy atom. The van der Waals surface area contributed by atoms with E-state index in [-0.39, 0.29) is 17.5 Å². The van der Waals surface area contributed by atoms with Gasteiger partial charge in [0.25, 0.3) is 11.1 Å². The summed E-state index contributed by atoms with van der Waals surface area (Å²) in [6.45, 7) is 0. The maximum atomic E-state index is 12.4. The Hall–Kier alpha value is -2.86. The number of carbonyl (C=O) groups excluding carboxylic acids is 3. The standard InChI is InChI=1S/C17H16ClN3O3/c1-19-17(24)21(2)14-9-8-12(15(18)22)10-13(14)20-16(23)11-6-4-3-5-7-11/h3-10H,1-2H3,(H,19,24)(H,20,23). The summed E-state index contributed by atoms with van der Waals surface area (Å²) in [6.07, 6.45) is 0. The van der Waals surface area contributed by atoms with E-state index in [1.54, 1.807) is 43.4 Å². The van der Waals surface area contributed by atoms with Crippen molar-refractivity contribution in [1.29, 1.82) is 0 Å². The lowest BCUT2D eigenvalue weighted by atomic mass is 10.1. The van der Waals surface area contributed by atoms with Gasteiger partial charge in [0.05, 0.1) is 11.4 Å². The molecule has 6 nitrogen and oxygen atoms in total. The third kappa shape index (κ3) is 3.91. The van der Waals surface area contributed by atoms with Crippen molar-refractivity contribution in [3.63, 3.8) is 0 Å². The average molecular weight is 346 g/mol. The number of nitrogens with one attached hydrogen (secondary N) is 2. The van der Waals surface area contributed by atoms with Crippen LogP contribution in [0.2, 0.25) is 0 Å². The van der Waals surface area contributed by atoms with Crippen molar-refractivity contribution in [3.8, 4) is 0 Å². The molecule has 24 heavy (non-hydrogen) atoms. The Morgan fingerprint density at radius 3 is 2.25 bits per heavy atom. The number of benzene rings is 2. The van der Waals surface area contributed by atoms with Crippen LogP contribution >= 0.6 is 11.6 Å². The highest BCUT2D eigenvalue weighted by atomic mass is 35.5. The van der Waals surface area contributed by atoms with E-state index >= 15 is 0 Å². The van der Waals surface area contributed by atoms with Gasteiger partial charge in [0.2, 0.25) is 0 Å². The predicted octanol–water partition coefficient (Wildman–Crippen LogP) is 3.09. The highest BCUT2D eigenvalue weighted by molar-refractivity contribution is 6.67. The van der Waals surface area contributed by atoms with Crippen molar-refractivity contribution in [1.82, 2.24) is 5.32 Å². The maximum absolute atomic E-state index is 12.4. The van der Waals surface area contributed by atoms with Crippen molar-refractivity contribution in [2.75, 3.05) is 24.3 Å². The number of anilines is 2. The Balaban J connectivity index is 2.41. The molecule has 0 aliphatic rings. The first-order valence-corrected chi connectivity index (χ1v) is 7.47. The first kappa shape index (κ1) is 17.5. The number of hydrogen-bond donors (Lipinski definition) is 2. The zero-order chi connectivity index (χ0) is 17.7. The number of hydrogen-bond acceptors (Lipinski definition) is 3. The molecule has 0 saturated carbocycles. The molecule has 0 bridgehead atoms. The minimum atomic E-state index is -0.653. The summed E-state index contributed by atoms with van der Waals surface area (Å²) >= 11 is 5.51. The summed E-state index contributed by atoms with van der Waals surface area (Å²) in [5.74, 6) is -0.360. The molecule has 0 spiro atoms. The highest BCUT2D eigenvalue weighted by Gasteiger charge is 2.17. The summed E-state index contributed by atoms with van der Waals surface area (Å²) in [4.78, 5) is 36.9. The molecule has 124 valence electrons. The second-order valence-corrected chi connectivity index (χ2v) is 5.28. The quantitative estimate of drug-likeness (QED) is 0.836. The molecule has 0 radical (unpaired) electrons. The SMILES string of the molecule is CNC(=O)N(C)c1ccc(C(=O)Cl)cc1NC(=O)c1ccccc1. The van der Waals surface area contributed by atoms with Crippen molar-refractivity contribution in [3.05, 3.63) is 59.7 Å². The van der Waals surface area contributed by atoms with Gasteiger partial charge in [-0.25, -0.2) is 4.79 Å². The van der Waals surface area contributed by atoms with Crippen LogP contribution in [0.25, 0.3) is 0 Å². The second-order valence-electron chi connectivity index (χ2n) is 4.94. The zero-order valence-corrected chi connectivity index (χ0v) is 13.9. The highest BCUT2D eigenvalue weighted by Crippen LogP contribution is 2.28. The normalized spacial score (nSPS) is 9.96. The van der Waals surface area contributed by atoms with Crippen LogP contribution in [-0.2, 0) is 0 Å². The van der Waals surface area contributed by atoms with E-state index in [4.69, 9.17) is 11.6 Å². The Kier molecular flexibility index (Phi) is 5.55. The van der Waals surface area contributed by atoms with Crippen molar-refractivity contribution < 1.29 is 14.4 Å². The van der Waals surface area contributed by atoms with Gasteiger partial charge < -0.3 is 10.6 Å². The Bertz CT molecular complexity index is 778. The number of carbonyl (C=O) groups is 3. The van der Waals surface area contributed by atoms with E-state index < -0.39 is 5.24 Å². The van der Waals surface area contributed by atoms with Crippen LogP contribution in [0.4, 0.5) is 16.2 Å². The van der Waals surface area contributed by atoms with Crippen LogP contribution in [0.1, 0.15) is 20.7 Å². The number of urea groups is 1. The number of nitrogens with zero attached hydrogens (tertiary/aromatic N) is 1. The van der Waals surface area contributed by atoms with Gasteiger partial charge in [0.15, 0.2) is 0 Å². The molecule has 0 aliphatic heterocycles. The van der Waals surface area contributed by atoms with Gasteiger partial charge in [-0.3, -0.25) is 14.5 Å². The molecule has 0 saturated heterocycles. The lowest BCUT2D eigenvalue weighted by molar-refractivity contribution is 0.102. The predicted molar refractivity (Wildman–Crippen MR) is 93.9 cm³/mol. The molecular weight excluding hydrogens is 330 g/mol. The molecule has 0 aromatic heterocycles. The number of rotatable bonds is 4. The summed E-state index contributed by atoms with van der Waals surface area (Å²) in [5, 5.41) is 4.55. The van der Waals surface area contributed by atoms with E-state index in [0.717, 1.165) is 0 Å². The van der Waals surface area contributed by atoms with Crippen LogP contribution < -0.4 is 15.5 Å². The molecule has 3 amide bonds. The van der Waals surface area contributed by atoms with Crippen molar-refractivity contribution >= 4 is 40.2 Å². The first-order valence-electron chi connectivity index (χ1n) is 7.09. The van der Waals surface area contributed by atoms with Crippen LogP contribution in [0.15, 0.2) is 48.5 Å². The lowest BCUT2D eigenvalue weighted by Crippen LogP contribution is -2.35. The van der Waals surface area contributed by atoms with E-state index in [0.29, 0.717) is 16.9 Å². The van der Waals surface area contributed by atoms with Gasteiger partial charge in [-0.1, -0.05) is 18.2 Å². The van der Waals surface area contributed by atoms with Crippen LogP contribution in [0, 0.1) is 0 Å². The lowest BCUT2D eigenvalue weighted by Gasteiger charge is -2.21. The molecule has 2 aromatic rings. The largest absolute Gasteiger partial charge is 0.341 e. The van der Waals surface area contributed by atoms with E-state index in [1.165, 1.54) is 24.1 Å². The second kappa shape index (κ2) is 7.61. The molecule has 2 aromatic carbocycles. The third-order valence-electron chi connectivity index (χ3n) is 3.39. The molecule has 7 heteroatoms. The molecule has 2 rings (SSSR count). The summed E-state index contributed by atoms with van der Waals surface area (Å²) < 4.78 is 0. The summed E-state index contributed by atoms with van der Waals surface area (Å²) in [5.41, 5.74) is 1.41. The van der Waals surface area contributed by atoms with E-state index in [1.807, 2.05) is 0 Å².